The molecule has 1 heterocycles. The van der Waals surface area contributed by atoms with Crippen molar-refractivity contribution in [3.8, 4) is 16.8 Å². The number of benzene rings is 7. The Morgan fingerprint density at radius 2 is 1.06 bits per heavy atom. The number of hydrogen-bond acceptors (Lipinski definition) is 1. The molecule has 4 bridgehead atoms. The minimum Gasteiger partial charge on any atom is -0.310 e. The van der Waals surface area contributed by atoms with Gasteiger partial charge in [0, 0.05) is 38.9 Å². The van der Waals surface area contributed by atoms with Crippen molar-refractivity contribution in [3.05, 3.63) is 169 Å². The largest absolute Gasteiger partial charge is 0.310 e. The fourth-order valence-electron chi connectivity index (χ4n) is 12.0. The lowest BCUT2D eigenvalue weighted by molar-refractivity contribution is -0.0399. The first-order valence-electron chi connectivity index (χ1n) is 19.4. The van der Waals surface area contributed by atoms with Crippen molar-refractivity contribution in [1.82, 2.24) is 4.57 Å². The standard InChI is InChI=1S/C50H40N2/c1-2-12-38(13-3-1)52-48-17-9-7-15-44(48)45-23-21-41(31-49(45)52)51(39-19-18-34-10-4-5-11-35(34)29-39)40-20-22-43-42-14-6-8-16-46(42)50(47(43)30-40)36-25-32-24-33(27-36)28-37(50)26-32/h1-23,29-33,36-37H,24-28H2. The fourth-order valence-corrected chi connectivity index (χ4v) is 12.0. The molecule has 4 fully saturated rings. The van der Waals surface area contributed by atoms with Crippen LogP contribution < -0.4 is 4.90 Å². The Kier molecular flexibility index (Phi) is 5.98. The zero-order valence-corrected chi connectivity index (χ0v) is 29.3. The number of nitrogens with zero attached hydrogens (tertiary/aromatic N) is 2. The van der Waals surface area contributed by atoms with Gasteiger partial charge in [-0.1, -0.05) is 103 Å². The molecule has 1 aromatic heterocycles. The molecule has 0 atom stereocenters. The smallest absolute Gasteiger partial charge is 0.0561 e. The molecule has 4 saturated carbocycles. The summed E-state index contributed by atoms with van der Waals surface area (Å²) >= 11 is 0. The van der Waals surface area contributed by atoms with E-state index >= 15 is 0 Å². The van der Waals surface area contributed by atoms with Gasteiger partial charge in [-0.25, -0.2) is 0 Å². The third-order valence-electron chi connectivity index (χ3n) is 13.7. The second-order valence-electron chi connectivity index (χ2n) is 16.2. The first-order chi connectivity index (χ1) is 25.7. The van der Waals surface area contributed by atoms with Gasteiger partial charge in [-0.2, -0.15) is 0 Å². The highest BCUT2D eigenvalue weighted by Crippen LogP contribution is 2.69. The van der Waals surface area contributed by atoms with E-state index in [2.05, 4.69) is 167 Å². The van der Waals surface area contributed by atoms with Gasteiger partial charge in [-0.05, 0) is 143 Å². The maximum atomic E-state index is 2.63. The topological polar surface area (TPSA) is 8.17 Å². The van der Waals surface area contributed by atoms with Crippen molar-refractivity contribution >= 4 is 49.6 Å². The van der Waals surface area contributed by atoms with Gasteiger partial charge < -0.3 is 9.47 Å². The lowest BCUT2D eigenvalue weighted by atomic mass is 9.43. The summed E-state index contributed by atoms with van der Waals surface area (Å²) in [6.07, 6.45) is 7.02. The number of fused-ring (bicyclic) bond motifs is 7. The summed E-state index contributed by atoms with van der Waals surface area (Å²) in [6, 6.07) is 59.5. The van der Waals surface area contributed by atoms with E-state index in [1.807, 2.05) is 0 Å². The molecule has 2 nitrogen and oxygen atoms in total. The molecule has 52 heavy (non-hydrogen) atoms. The lowest BCUT2D eigenvalue weighted by Crippen LogP contribution is -2.55. The Morgan fingerprint density at radius 1 is 0.442 bits per heavy atom. The van der Waals surface area contributed by atoms with E-state index in [0.29, 0.717) is 0 Å². The van der Waals surface area contributed by atoms with E-state index in [0.717, 1.165) is 23.7 Å². The Bertz CT molecular complexity index is 2690. The average molecular weight is 669 g/mol. The highest BCUT2D eigenvalue weighted by atomic mass is 15.1. The van der Waals surface area contributed by atoms with Gasteiger partial charge in [0.1, 0.15) is 0 Å². The number of rotatable bonds is 4. The average Bonchev–Trinajstić information content (AvgIpc) is 3.67. The second-order valence-corrected chi connectivity index (χ2v) is 16.2. The molecule has 0 amide bonds. The molecule has 13 rings (SSSR count). The van der Waals surface area contributed by atoms with E-state index < -0.39 is 0 Å². The van der Waals surface area contributed by atoms with Gasteiger partial charge in [0.05, 0.1) is 11.0 Å². The zero-order valence-electron chi connectivity index (χ0n) is 29.3. The summed E-state index contributed by atoms with van der Waals surface area (Å²) in [5.74, 6) is 3.30. The number of aromatic nitrogens is 1. The summed E-state index contributed by atoms with van der Waals surface area (Å²) in [5, 5.41) is 5.08. The molecule has 2 heteroatoms. The molecular weight excluding hydrogens is 629 g/mol. The van der Waals surface area contributed by atoms with Crippen molar-refractivity contribution < 1.29 is 0 Å². The van der Waals surface area contributed by atoms with Crippen LogP contribution in [0.5, 0.6) is 0 Å². The van der Waals surface area contributed by atoms with Crippen LogP contribution in [0.4, 0.5) is 17.1 Å². The van der Waals surface area contributed by atoms with Crippen molar-refractivity contribution in [2.24, 2.45) is 23.7 Å². The van der Waals surface area contributed by atoms with Crippen LogP contribution in [0.15, 0.2) is 158 Å². The quantitative estimate of drug-likeness (QED) is 0.181. The van der Waals surface area contributed by atoms with Gasteiger partial charge >= 0.3 is 0 Å². The third-order valence-corrected chi connectivity index (χ3v) is 13.7. The minimum absolute atomic E-state index is 0.119. The second kappa shape index (κ2) is 10.7. The van der Waals surface area contributed by atoms with Crippen LogP contribution >= 0.6 is 0 Å². The summed E-state index contributed by atoms with van der Waals surface area (Å²) in [6.45, 7) is 0. The third kappa shape index (κ3) is 3.90. The molecule has 0 aliphatic heterocycles. The minimum atomic E-state index is 0.119. The van der Waals surface area contributed by atoms with Crippen molar-refractivity contribution in [2.75, 3.05) is 4.90 Å². The SMILES string of the molecule is c1ccc(-n2c3ccccc3c3ccc(N(c4ccc5c(c4)C4(c6ccccc6-5)C5CC6CC(C5)CC4C6)c4ccc5ccccc5c4)cc32)cc1. The number of hydrogen-bond donors (Lipinski definition) is 0. The Hall–Kier alpha value is -5.60. The molecule has 0 radical (unpaired) electrons. The molecule has 7 aromatic carbocycles. The molecule has 250 valence electrons. The normalized spacial score (nSPS) is 23.8. The van der Waals surface area contributed by atoms with E-state index in [4.69, 9.17) is 0 Å². The molecule has 5 aliphatic carbocycles. The maximum absolute atomic E-state index is 2.63. The van der Waals surface area contributed by atoms with Gasteiger partial charge in [-0.3, -0.25) is 0 Å². The summed E-state index contributed by atoms with van der Waals surface area (Å²) in [5.41, 5.74) is 13.5. The van der Waals surface area contributed by atoms with E-state index in [1.54, 1.807) is 11.1 Å². The first kappa shape index (κ1) is 29.0. The molecule has 0 N–H and O–H groups in total. The molecule has 1 spiro atoms. The summed E-state index contributed by atoms with van der Waals surface area (Å²) in [4.78, 5) is 2.53. The van der Waals surface area contributed by atoms with Crippen LogP contribution in [-0.4, -0.2) is 4.57 Å². The first-order valence-corrected chi connectivity index (χ1v) is 19.4. The molecule has 8 aromatic rings. The lowest BCUT2D eigenvalue weighted by Gasteiger charge is -2.61. The van der Waals surface area contributed by atoms with Gasteiger partial charge in [-0.15, -0.1) is 0 Å². The van der Waals surface area contributed by atoms with Crippen molar-refractivity contribution in [1.29, 1.82) is 0 Å². The van der Waals surface area contributed by atoms with Crippen LogP contribution in [0.1, 0.15) is 43.2 Å². The number of para-hydroxylation sites is 2. The van der Waals surface area contributed by atoms with Crippen molar-refractivity contribution in [3.63, 3.8) is 0 Å². The summed E-state index contributed by atoms with van der Waals surface area (Å²) < 4.78 is 2.44. The van der Waals surface area contributed by atoms with Crippen LogP contribution in [0, 0.1) is 23.7 Å². The van der Waals surface area contributed by atoms with Crippen LogP contribution in [0.2, 0.25) is 0 Å². The predicted octanol–water partition coefficient (Wildman–Crippen LogP) is 13.1. The number of anilines is 3. The van der Waals surface area contributed by atoms with Gasteiger partial charge in [0.2, 0.25) is 0 Å². The Labute approximate surface area is 305 Å². The summed E-state index contributed by atoms with van der Waals surface area (Å²) in [7, 11) is 0. The van der Waals surface area contributed by atoms with E-state index in [9.17, 15) is 0 Å². The van der Waals surface area contributed by atoms with Crippen molar-refractivity contribution in [2.45, 2.75) is 37.5 Å². The highest BCUT2D eigenvalue weighted by Gasteiger charge is 2.61. The molecular formula is C50H40N2. The van der Waals surface area contributed by atoms with E-state index in [1.165, 1.54) is 98.6 Å². The van der Waals surface area contributed by atoms with E-state index in [-0.39, 0.29) is 5.41 Å². The van der Waals surface area contributed by atoms with Crippen LogP contribution in [0.3, 0.4) is 0 Å². The Morgan fingerprint density at radius 3 is 1.90 bits per heavy atom. The molecule has 5 aliphatic rings. The van der Waals surface area contributed by atoms with Gasteiger partial charge in [0.25, 0.3) is 0 Å². The molecule has 0 unspecified atom stereocenters. The fraction of sp³-hybridized carbons (Fsp3) is 0.200. The monoisotopic (exact) mass is 668 g/mol. The Balaban J connectivity index is 1.11. The predicted molar refractivity (Wildman–Crippen MR) is 216 cm³/mol. The highest BCUT2D eigenvalue weighted by molar-refractivity contribution is 6.10. The van der Waals surface area contributed by atoms with Crippen LogP contribution in [0.25, 0.3) is 49.4 Å². The zero-order chi connectivity index (χ0) is 34.0. The molecule has 0 saturated heterocycles. The van der Waals surface area contributed by atoms with Gasteiger partial charge in [0.15, 0.2) is 0 Å². The maximum Gasteiger partial charge on any atom is 0.0561 e. The van der Waals surface area contributed by atoms with Crippen LogP contribution in [-0.2, 0) is 5.41 Å².